The van der Waals surface area contributed by atoms with Gasteiger partial charge in [0, 0.05) is 19.8 Å². The summed E-state index contributed by atoms with van der Waals surface area (Å²) in [7, 11) is 0. The Hall–Kier alpha value is -0.610. The van der Waals surface area contributed by atoms with Crippen LogP contribution in [0.2, 0.25) is 0 Å². The lowest BCUT2D eigenvalue weighted by Crippen LogP contribution is -2.43. The third-order valence-corrected chi connectivity index (χ3v) is 4.99. The maximum absolute atomic E-state index is 12.3. The van der Waals surface area contributed by atoms with Gasteiger partial charge in [-0.15, -0.1) is 0 Å². The maximum atomic E-state index is 12.3. The van der Waals surface area contributed by atoms with Crippen molar-refractivity contribution in [1.29, 1.82) is 0 Å². The van der Waals surface area contributed by atoms with E-state index in [0.717, 1.165) is 32.1 Å². The molecule has 0 aromatic carbocycles. The highest BCUT2D eigenvalue weighted by atomic mass is 16.5. The minimum absolute atomic E-state index is 0.00650. The number of rotatable bonds is 7. The molecule has 4 heteroatoms. The lowest BCUT2D eigenvalue weighted by atomic mass is 10.0. The number of hydrogen-bond donors (Lipinski definition) is 1. The van der Waals surface area contributed by atoms with Crippen molar-refractivity contribution in [1.82, 2.24) is 10.2 Å². The molecule has 0 radical (unpaired) electrons. The molecule has 3 aliphatic rings. The molecule has 1 saturated heterocycles. The second kappa shape index (κ2) is 6.44. The van der Waals surface area contributed by atoms with Crippen molar-refractivity contribution < 1.29 is 9.53 Å². The predicted molar refractivity (Wildman–Crippen MR) is 78.2 cm³/mol. The molecule has 2 atom stereocenters. The van der Waals surface area contributed by atoms with Crippen molar-refractivity contribution in [3.05, 3.63) is 0 Å². The Bertz CT molecular complexity index is 337. The van der Waals surface area contributed by atoms with E-state index >= 15 is 0 Å². The van der Waals surface area contributed by atoms with Gasteiger partial charge in [0.25, 0.3) is 0 Å². The van der Waals surface area contributed by atoms with Crippen LogP contribution in [0.25, 0.3) is 0 Å². The molecule has 4 nitrogen and oxygen atoms in total. The van der Waals surface area contributed by atoms with E-state index in [4.69, 9.17) is 4.74 Å². The van der Waals surface area contributed by atoms with Gasteiger partial charge in [0.2, 0.25) is 5.91 Å². The molecule has 0 aromatic rings. The number of hydrogen-bond acceptors (Lipinski definition) is 3. The fourth-order valence-electron chi connectivity index (χ4n) is 3.59. The molecular formula is C16H28N2O2. The maximum Gasteiger partial charge on any atom is 0.240 e. The second-order valence-corrected chi connectivity index (χ2v) is 6.78. The summed E-state index contributed by atoms with van der Waals surface area (Å²) < 4.78 is 5.68. The molecule has 20 heavy (non-hydrogen) atoms. The van der Waals surface area contributed by atoms with E-state index in [1.165, 1.54) is 38.5 Å². The molecule has 2 unspecified atom stereocenters. The molecular weight excluding hydrogens is 252 g/mol. The summed E-state index contributed by atoms with van der Waals surface area (Å²) in [4.78, 5) is 14.4. The van der Waals surface area contributed by atoms with Crippen LogP contribution >= 0.6 is 0 Å². The van der Waals surface area contributed by atoms with E-state index in [-0.39, 0.29) is 18.1 Å². The quantitative estimate of drug-likeness (QED) is 0.727. The second-order valence-electron chi connectivity index (χ2n) is 6.78. The average Bonchev–Trinajstić information content (AvgIpc) is 3.02. The summed E-state index contributed by atoms with van der Waals surface area (Å²) in [5.74, 6) is 1.77. The highest BCUT2D eigenvalue weighted by Crippen LogP contribution is 2.32. The molecule has 2 aliphatic carbocycles. The van der Waals surface area contributed by atoms with Gasteiger partial charge in [-0.1, -0.05) is 12.8 Å². The van der Waals surface area contributed by atoms with Crippen LogP contribution in [0.1, 0.15) is 51.9 Å². The van der Waals surface area contributed by atoms with Crippen LogP contribution in [0.4, 0.5) is 0 Å². The monoisotopic (exact) mass is 280 g/mol. The van der Waals surface area contributed by atoms with Crippen molar-refractivity contribution in [2.45, 2.75) is 64.1 Å². The lowest BCUT2D eigenvalue weighted by molar-refractivity contribution is -0.130. The highest BCUT2D eigenvalue weighted by Gasteiger charge is 2.40. The Morgan fingerprint density at radius 3 is 2.70 bits per heavy atom. The first-order valence-electron chi connectivity index (χ1n) is 8.40. The van der Waals surface area contributed by atoms with Crippen LogP contribution in [0.3, 0.4) is 0 Å². The summed E-state index contributed by atoms with van der Waals surface area (Å²) in [6.07, 6.45) is 9.12. The topological polar surface area (TPSA) is 41.6 Å². The summed E-state index contributed by atoms with van der Waals surface area (Å²) in [5.41, 5.74) is 0. The lowest BCUT2D eigenvalue weighted by Gasteiger charge is -2.29. The van der Waals surface area contributed by atoms with Crippen molar-refractivity contribution in [3.8, 4) is 0 Å². The van der Waals surface area contributed by atoms with Crippen LogP contribution in [-0.4, -0.2) is 42.8 Å². The number of carbonyl (C=O) groups is 1. The number of amides is 1. The predicted octanol–water partition coefficient (Wildman–Crippen LogP) is 2.14. The van der Waals surface area contributed by atoms with Gasteiger partial charge in [0.05, 0.1) is 12.2 Å². The van der Waals surface area contributed by atoms with Crippen LogP contribution < -0.4 is 5.32 Å². The first-order chi connectivity index (χ1) is 9.75. The van der Waals surface area contributed by atoms with Crippen molar-refractivity contribution in [3.63, 3.8) is 0 Å². The van der Waals surface area contributed by atoms with Gasteiger partial charge >= 0.3 is 0 Å². The molecule has 2 saturated carbocycles. The number of nitrogens with zero attached hydrogens (tertiary/aromatic N) is 1. The fourth-order valence-corrected chi connectivity index (χ4v) is 3.59. The van der Waals surface area contributed by atoms with Gasteiger partial charge in [0.15, 0.2) is 0 Å². The minimum Gasteiger partial charge on any atom is -0.381 e. The number of ether oxygens (including phenoxy) is 1. The highest BCUT2D eigenvalue weighted by molar-refractivity contribution is 5.83. The molecule has 3 rings (SSSR count). The van der Waals surface area contributed by atoms with Gasteiger partial charge in [-0.05, 0) is 50.9 Å². The van der Waals surface area contributed by atoms with Gasteiger partial charge in [-0.2, -0.15) is 0 Å². The molecule has 3 fully saturated rings. The third kappa shape index (κ3) is 3.34. The molecule has 1 amide bonds. The van der Waals surface area contributed by atoms with E-state index in [0.29, 0.717) is 5.92 Å². The van der Waals surface area contributed by atoms with Crippen LogP contribution in [0.5, 0.6) is 0 Å². The van der Waals surface area contributed by atoms with E-state index < -0.39 is 0 Å². The average molecular weight is 280 g/mol. The van der Waals surface area contributed by atoms with E-state index in [9.17, 15) is 4.79 Å². The van der Waals surface area contributed by atoms with E-state index in [2.05, 4.69) is 10.2 Å². The molecule has 114 valence electrons. The molecule has 1 heterocycles. The zero-order valence-electron chi connectivity index (χ0n) is 12.6. The van der Waals surface area contributed by atoms with E-state index in [1.54, 1.807) is 0 Å². The van der Waals surface area contributed by atoms with Crippen LogP contribution in [0.15, 0.2) is 0 Å². The summed E-state index contributed by atoms with van der Waals surface area (Å²) in [5, 5.41) is 3.50. The van der Waals surface area contributed by atoms with Gasteiger partial charge in [0.1, 0.15) is 0 Å². The smallest absolute Gasteiger partial charge is 0.240 e. The first kappa shape index (κ1) is 14.3. The standard InChI is InChI=1S/C16H28N2O2/c1-12-16(19)18(9-4-10-20-11-13-7-8-13)15(17-12)14-5-2-3-6-14/h12-15,17H,2-11H2,1H3. The van der Waals surface area contributed by atoms with Crippen molar-refractivity contribution >= 4 is 5.91 Å². The van der Waals surface area contributed by atoms with Crippen molar-refractivity contribution in [2.24, 2.45) is 11.8 Å². The van der Waals surface area contributed by atoms with Crippen LogP contribution in [-0.2, 0) is 9.53 Å². The number of nitrogens with one attached hydrogen (secondary N) is 1. The Kier molecular flexibility index (Phi) is 4.61. The summed E-state index contributed by atoms with van der Waals surface area (Å²) in [6, 6.07) is -0.00650. The van der Waals surface area contributed by atoms with Crippen molar-refractivity contribution in [2.75, 3.05) is 19.8 Å². The SMILES string of the molecule is CC1NC(C2CCCC2)N(CCCOCC2CC2)C1=O. The van der Waals surface area contributed by atoms with Crippen LogP contribution in [0, 0.1) is 11.8 Å². The fraction of sp³-hybridized carbons (Fsp3) is 0.938. The largest absolute Gasteiger partial charge is 0.381 e. The Morgan fingerprint density at radius 2 is 2.00 bits per heavy atom. The minimum atomic E-state index is -0.00650. The van der Waals surface area contributed by atoms with Gasteiger partial charge < -0.3 is 9.64 Å². The Labute approximate surface area is 122 Å². The van der Waals surface area contributed by atoms with E-state index in [1.807, 2.05) is 6.92 Å². The summed E-state index contributed by atoms with van der Waals surface area (Å²) in [6.45, 7) is 4.57. The first-order valence-corrected chi connectivity index (χ1v) is 8.40. The number of carbonyl (C=O) groups excluding carboxylic acids is 1. The Morgan fingerprint density at radius 1 is 1.25 bits per heavy atom. The van der Waals surface area contributed by atoms with Gasteiger partial charge in [-0.3, -0.25) is 10.1 Å². The molecule has 1 aliphatic heterocycles. The van der Waals surface area contributed by atoms with Gasteiger partial charge in [-0.25, -0.2) is 0 Å². The zero-order valence-corrected chi connectivity index (χ0v) is 12.6. The molecule has 0 spiro atoms. The molecule has 1 N–H and O–H groups in total. The Balaban J connectivity index is 1.44. The normalized spacial score (nSPS) is 31.4. The molecule has 0 aromatic heterocycles. The summed E-state index contributed by atoms with van der Waals surface area (Å²) >= 11 is 0. The third-order valence-electron chi connectivity index (χ3n) is 4.99. The molecule has 0 bridgehead atoms. The zero-order chi connectivity index (χ0) is 13.9.